The molecule has 0 radical (unpaired) electrons. The third-order valence-electron chi connectivity index (χ3n) is 2.67. The first kappa shape index (κ1) is 11.6. The van der Waals surface area contributed by atoms with E-state index >= 15 is 0 Å². The van der Waals surface area contributed by atoms with Crippen molar-refractivity contribution in [3.8, 4) is 17.3 Å². The van der Waals surface area contributed by atoms with Gasteiger partial charge < -0.3 is 4.74 Å². The molecule has 17 heavy (non-hydrogen) atoms. The zero-order chi connectivity index (χ0) is 12.3. The fourth-order valence-corrected chi connectivity index (χ4v) is 1.69. The summed E-state index contributed by atoms with van der Waals surface area (Å²) in [4.78, 5) is 8.52. The van der Waals surface area contributed by atoms with Crippen molar-refractivity contribution >= 4 is 0 Å². The van der Waals surface area contributed by atoms with Crippen LogP contribution in [0.15, 0.2) is 30.3 Å². The predicted octanol–water partition coefficient (Wildman–Crippen LogP) is 3.02. The summed E-state index contributed by atoms with van der Waals surface area (Å²) in [6.45, 7) is 4.08. The topological polar surface area (TPSA) is 35.0 Å². The third kappa shape index (κ3) is 2.61. The number of aromatic nitrogens is 2. The third-order valence-corrected chi connectivity index (χ3v) is 2.67. The van der Waals surface area contributed by atoms with Crippen LogP contribution in [0.1, 0.15) is 18.2 Å². The molecule has 0 aliphatic rings. The molecular weight excluding hydrogens is 212 g/mol. The van der Waals surface area contributed by atoms with Crippen LogP contribution in [-0.4, -0.2) is 17.1 Å². The first-order valence-electron chi connectivity index (χ1n) is 5.72. The normalized spacial score (nSPS) is 10.3. The molecule has 0 aliphatic heterocycles. The summed E-state index contributed by atoms with van der Waals surface area (Å²) in [5, 5.41) is 0. The molecule has 0 unspecified atom stereocenters. The summed E-state index contributed by atoms with van der Waals surface area (Å²) >= 11 is 0. The van der Waals surface area contributed by atoms with Crippen molar-refractivity contribution < 1.29 is 4.74 Å². The quantitative estimate of drug-likeness (QED) is 0.810. The first-order chi connectivity index (χ1) is 8.22. The van der Waals surface area contributed by atoms with Gasteiger partial charge in [0.2, 0.25) is 0 Å². The standard InChI is InChI=1S/C14H16N2O/c1-4-11-5-7-12(8-6-11)13-9-10(2)15-14(16-13)17-3/h5-9H,4H2,1-3H3. The van der Waals surface area contributed by atoms with Gasteiger partial charge in [-0.05, 0) is 25.0 Å². The smallest absolute Gasteiger partial charge is 0.316 e. The lowest BCUT2D eigenvalue weighted by molar-refractivity contribution is 0.379. The Hall–Kier alpha value is -1.90. The Kier molecular flexibility index (Phi) is 3.38. The van der Waals surface area contributed by atoms with Crippen molar-refractivity contribution in [3.05, 3.63) is 41.6 Å². The van der Waals surface area contributed by atoms with E-state index in [1.54, 1.807) is 7.11 Å². The van der Waals surface area contributed by atoms with Crippen molar-refractivity contribution in [1.82, 2.24) is 9.97 Å². The number of methoxy groups -OCH3 is 1. The maximum Gasteiger partial charge on any atom is 0.316 e. The SMILES string of the molecule is CCc1ccc(-c2cc(C)nc(OC)n2)cc1. The highest BCUT2D eigenvalue weighted by molar-refractivity contribution is 5.60. The second-order valence-corrected chi connectivity index (χ2v) is 3.93. The highest BCUT2D eigenvalue weighted by atomic mass is 16.5. The Balaban J connectivity index is 2.41. The molecule has 0 atom stereocenters. The van der Waals surface area contributed by atoms with Gasteiger partial charge in [-0.1, -0.05) is 31.2 Å². The van der Waals surface area contributed by atoms with Crippen LogP contribution in [0.4, 0.5) is 0 Å². The molecule has 0 spiro atoms. The number of hydrogen-bond acceptors (Lipinski definition) is 3. The van der Waals surface area contributed by atoms with Crippen LogP contribution in [0.2, 0.25) is 0 Å². The Morgan fingerprint density at radius 1 is 1.12 bits per heavy atom. The average molecular weight is 228 g/mol. The van der Waals surface area contributed by atoms with Crippen LogP contribution in [0.5, 0.6) is 6.01 Å². The molecule has 0 aliphatic carbocycles. The minimum absolute atomic E-state index is 0.416. The molecule has 3 nitrogen and oxygen atoms in total. The van der Waals surface area contributed by atoms with E-state index in [-0.39, 0.29) is 0 Å². The number of hydrogen-bond donors (Lipinski definition) is 0. The van der Waals surface area contributed by atoms with Crippen molar-refractivity contribution in [3.63, 3.8) is 0 Å². The van der Waals surface area contributed by atoms with Gasteiger partial charge in [-0.25, -0.2) is 4.98 Å². The molecule has 1 aromatic heterocycles. The summed E-state index contributed by atoms with van der Waals surface area (Å²) < 4.78 is 5.08. The molecule has 2 rings (SSSR count). The molecule has 1 aromatic carbocycles. The molecule has 88 valence electrons. The van der Waals surface area contributed by atoms with Crippen molar-refractivity contribution in [2.75, 3.05) is 7.11 Å². The van der Waals surface area contributed by atoms with Crippen molar-refractivity contribution in [1.29, 1.82) is 0 Å². The number of rotatable bonds is 3. The molecule has 0 amide bonds. The molecule has 0 saturated heterocycles. The van der Waals surface area contributed by atoms with E-state index in [1.165, 1.54) is 5.56 Å². The van der Waals surface area contributed by atoms with E-state index in [1.807, 2.05) is 13.0 Å². The Labute approximate surface area is 102 Å². The van der Waals surface area contributed by atoms with Crippen molar-refractivity contribution in [2.24, 2.45) is 0 Å². The maximum atomic E-state index is 5.08. The van der Waals surface area contributed by atoms with Gasteiger partial charge in [0.1, 0.15) is 0 Å². The molecule has 0 N–H and O–H groups in total. The van der Waals surface area contributed by atoms with Crippen LogP contribution < -0.4 is 4.74 Å². The summed E-state index contributed by atoms with van der Waals surface area (Å²) in [5.41, 5.74) is 4.22. The lowest BCUT2D eigenvalue weighted by Crippen LogP contribution is -1.96. The lowest BCUT2D eigenvalue weighted by atomic mass is 10.1. The van der Waals surface area contributed by atoms with Gasteiger partial charge in [-0.15, -0.1) is 0 Å². The molecule has 1 heterocycles. The van der Waals surface area contributed by atoms with Gasteiger partial charge in [0.25, 0.3) is 0 Å². The Morgan fingerprint density at radius 2 is 1.82 bits per heavy atom. The zero-order valence-corrected chi connectivity index (χ0v) is 10.4. The molecule has 0 bridgehead atoms. The second kappa shape index (κ2) is 4.95. The average Bonchev–Trinajstić information content (AvgIpc) is 2.38. The van der Waals surface area contributed by atoms with Crippen molar-refractivity contribution in [2.45, 2.75) is 20.3 Å². The van der Waals surface area contributed by atoms with Crippen LogP contribution in [0.3, 0.4) is 0 Å². The lowest BCUT2D eigenvalue weighted by Gasteiger charge is -2.05. The van der Waals surface area contributed by atoms with E-state index in [0.29, 0.717) is 6.01 Å². The second-order valence-electron chi connectivity index (χ2n) is 3.93. The van der Waals surface area contributed by atoms with E-state index in [4.69, 9.17) is 4.74 Å². The number of nitrogens with zero attached hydrogens (tertiary/aromatic N) is 2. The fraction of sp³-hybridized carbons (Fsp3) is 0.286. The summed E-state index contributed by atoms with van der Waals surface area (Å²) in [7, 11) is 1.58. The zero-order valence-electron chi connectivity index (χ0n) is 10.4. The molecule has 0 saturated carbocycles. The number of ether oxygens (including phenoxy) is 1. The van der Waals surface area contributed by atoms with Crippen LogP contribution in [0, 0.1) is 6.92 Å². The van der Waals surface area contributed by atoms with E-state index in [0.717, 1.165) is 23.4 Å². The van der Waals surface area contributed by atoms with Gasteiger partial charge in [-0.2, -0.15) is 4.98 Å². The molecule has 2 aromatic rings. The van der Waals surface area contributed by atoms with Crippen LogP contribution in [0.25, 0.3) is 11.3 Å². The molecular formula is C14H16N2O. The highest BCUT2D eigenvalue weighted by Crippen LogP contribution is 2.20. The summed E-state index contributed by atoms with van der Waals surface area (Å²) in [6, 6.07) is 10.8. The minimum atomic E-state index is 0.416. The Bertz CT molecular complexity index is 506. The van der Waals surface area contributed by atoms with Gasteiger partial charge >= 0.3 is 6.01 Å². The van der Waals surface area contributed by atoms with E-state index < -0.39 is 0 Å². The van der Waals surface area contributed by atoms with E-state index in [9.17, 15) is 0 Å². The van der Waals surface area contributed by atoms with Crippen LogP contribution >= 0.6 is 0 Å². The first-order valence-corrected chi connectivity index (χ1v) is 5.72. The summed E-state index contributed by atoms with van der Waals surface area (Å²) in [6.07, 6.45) is 1.05. The largest absolute Gasteiger partial charge is 0.467 e. The summed E-state index contributed by atoms with van der Waals surface area (Å²) in [5.74, 6) is 0. The van der Waals surface area contributed by atoms with Gasteiger partial charge in [0.15, 0.2) is 0 Å². The van der Waals surface area contributed by atoms with Gasteiger partial charge in [0, 0.05) is 11.3 Å². The highest BCUT2D eigenvalue weighted by Gasteiger charge is 2.04. The predicted molar refractivity (Wildman–Crippen MR) is 68.1 cm³/mol. The van der Waals surface area contributed by atoms with Crippen LogP contribution in [-0.2, 0) is 6.42 Å². The molecule has 3 heteroatoms. The van der Waals surface area contributed by atoms with Gasteiger partial charge in [0.05, 0.1) is 12.8 Å². The fourth-order valence-electron chi connectivity index (χ4n) is 1.69. The number of benzene rings is 1. The maximum absolute atomic E-state index is 5.08. The van der Waals surface area contributed by atoms with Gasteiger partial charge in [-0.3, -0.25) is 0 Å². The monoisotopic (exact) mass is 228 g/mol. The van der Waals surface area contributed by atoms with E-state index in [2.05, 4.69) is 41.2 Å². The minimum Gasteiger partial charge on any atom is -0.467 e. The number of aryl methyl sites for hydroxylation is 2. The molecule has 0 fully saturated rings. The Morgan fingerprint density at radius 3 is 2.41 bits per heavy atom.